The maximum Gasteiger partial charge on any atom is 0.254 e. The van der Waals surface area contributed by atoms with Crippen molar-refractivity contribution in [3.8, 4) is 5.75 Å². The molecule has 0 aliphatic heterocycles. The normalized spacial score (nSPS) is 10.2. The van der Waals surface area contributed by atoms with Crippen molar-refractivity contribution in [1.82, 2.24) is 5.32 Å². The van der Waals surface area contributed by atoms with Crippen LogP contribution in [0.2, 0.25) is 0 Å². The van der Waals surface area contributed by atoms with Crippen LogP contribution in [0.15, 0.2) is 46.9 Å². The minimum absolute atomic E-state index is 0.0188. The number of nitrogens with one attached hydrogen (secondary N) is 1. The van der Waals surface area contributed by atoms with Crippen LogP contribution in [0.25, 0.3) is 0 Å². The van der Waals surface area contributed by atoms with Gasteiger partial charge in [-0.05, 0) is 52.7 Å². The maximum atomic E-state index is 13.8. The summed E-state index contributed by atoms with van der Waals surface area (Å²) in [7, 11) is 0. The SMILES string of the molecule is CCOc1cccc(CNC(=O)c2cccc(Br)c2F)c1. The van der Waals surface area contributed by atoms with Crippen LogP contribution < -0.4 is 10.1 Å². The van der Waals surface area contributed by atoms with Crippen LogP contribution in [0, 0.1) is 5.82 Å². The summed E-state index contributed by atoms with van der Waals surface area (Å²) in [4.78, 5) is 12.0. The van der Waals surface area contributed by atoms with E-state index in [4.69, 9.17) is 4.74 Å². The van der Waals surface area contributed by atoms with E-state index in [1.165, 1.54) is 6.07 Å². The van der Waals surface area contributed by atoms with Crippen LogP contribution in [-0.4, -0.2) is 12.5 Å². The third-order valence-electron chi connectivity index (χ3n) is 2.86. The van der Waals surface area contributed by atoms with E-state index in [-0.39, 0.29) is 10.0 Å². The molecule has 0 heterocycles. The Morgan fingerprint density at radius 2 is 2.05 bits per heavy atom. The molecule has 5 heteroatoms. The van der Waals surface area contributed by atoms with Crippen LogP contribution in [0.3, 0.4) is 0 Å². The van der Waals surface area contributed by atoms with Crippen molar-refractivity contribution in [2.75, 3.05) is 6.61 Å². The first-order valence-corrected chi connectivity index (χ1v) is 7.35. The van der Waals surface area contributed by atoms with Crippen LogP contribution in [-0.2, 0) is 6.54 Å². The van der Waals surface area contributed by atoms with E-state index >= 15 is 0 Å². The number of rotatable bonds is 5. The average molecular weight is 352 g/mol. The van der Waals surface area contributed by atoms with Crippen LogP contribution >= 0.6 is 15.9 Å². The minimum atomic E-state index is -0.557. The van der Waals surface area contributed by atoms with E-state index in [2.05, 4.69) is 21.2 Å². The average Bonchev–Trinajstić information content (AvgIpc) is 2.48. The zero-order chi connectivity index (χ0) is 15.2. The highest BCUT2D eigenvalue weighted by Gasteiger charge is 2.13. The fourth-order valence-electron chi connectivity index (χ4n) is 1.87. The fraction of sp³-hybridized carbons (Fsp3) is 0.188. The van der Waals surface area contributed by atoms with Crippen molar-refractivity contribution in [2.24, 2.45) is 0 Å². The first kappa shape index (κ1) is 15.5. The van der Waals surface area contributed by atoms with Crippen molar-refractivity contribution < 1.29 is 13.9 Å². The molecule has 110 valence electrons. The zero-order valence-corrected chi connectivity index (χ0v) is 13.1. The van der Waals surface area contributed by atoms with Crippen molar-refractivity contribution in [3.05, 3.63) is 63.9 Å². The smallest absolute Gasteiger partial charge is 0.254 e. The van der Waals surface area contributed by atoms with Gasteiger partial charge in [0, 0.05) is 6.54 Å². The van der Waals surface area contributed by atoms with E-state index in [1.54, 1.807) is 12.1 Å². The Balaban J connectivity index is 2.04. The Hall–Kier alpha value is -1.88. The highest BCUT2D eigenvalue weighted by molar-refractivity contribution is 9.10. The number of carbonyl (C=O) groups is 1. The molecule has 0 aliphatic rings. The molecule has 0 bridgehead atoms. The molecule has 0 unspecified atom stereocenters. The van der Waals surface area contributed by atoms with E-state index in [0.29, 0.717) is 13.2 Å². The molecule has 0 atom stereocenters. The van der Waals surface area contributed by atoms with E-state index in [9.17, 15) is 9.18 Å². The second-order valence-corrected chi connectivity index (χ2v) is 5.22. The molecule has 0 saturated carbocycles. The fourth-order valence-corrected chi connectivity index (χ4v) is 2.23. The van der Waals surface area contributed by atoms with E-state index in [1.807, 2.05) is 31.2 Å². The number of benzene rings is 2. The second-order valence-electron chi connectivity index (χ2n) is 4.36. The summed E-state index contributed by atoms with van der Waals surface area (Å²) in [5.41, 5.74) is 0.912. The van der Waals surface area contributed by atoms with Gasteiger partial charge < -0.3 is 10.1 Å². The summed E-state index contributed by atoms with van der Waals surface area (Å²) in [6.07, 6.45) is 0. The van der Waals surface area contributed by atoms with Crippen molar-refractivity contribution in [2.45, 2.75) is 13.5 Å². The molecule has 0 aliphatic carbocycles. The predicted molar refractivity (Wildman–Crippen MR) is 82.9 cm³/mol. The molecule has 21 heavy (non-hydrogen) atoms. The van der Waals surface area contributed by atoms with Crippen molar-refractivity contribution in [1.29, 1.82) is 0 Å². The summed E-state index contributed by atoms with van der Waals surface area (Å²) in [6.45, 7) is 2.80. The molecule has 2 aromatic carbocycles. The maximum absolute atomic E-state index is 13.8. The molecule has 0 radical (unpaired) electrons. The quantitative estimate of drug-likeness (QED) is 0.886. The first-order chi connectivity index (χ1) is 10.1. The number of halogens is 2. The Kier molecular flexibility index (Phi) is 5.33. The molecule has 2 aromatic rings. The van der Waals surface area contributed by atoms with Gasteiger partial charge in [0.1, 0.15) is 11.6 Å². The summed E-state index contributed by atoms with van der Waals surface area (Å²) in [5, 5.41) is 2.70. The molecular formula is C16H15BrFNO2. The minimum Gasteiger partial charge on any atom is -0.494 e. The summed E-state index contributed by atoms with van der Waals surface area (Å²) >= 11 is 3.07. The van der Waals surface area contributed by atoms with E-state index < -0.39 is 11.7 Å². The molecule has 2 rings (SSSR count). The van der Waals surface area contributed by atoms with Gasteiger partial charge in [-0.1, -0.05) is 18.2 Å². The van der Waals surface area contributed by atoms with Crippen LogP contribution in [0.5, 0.6) is 5.75 Å². The third kappa shape index (κ3) is 4.04. The van der Waals surface area contributed by atoms with Crippen LogP contribution in [0.1, 0.15) is 22.8 Å². The lowest BCUT2D eigenvalue weighted by Gasteiger charge is -2.09. The summed E-state index contributed by atoms with van der Waals surface area (Å²) in [5.74, 6) is -0.258. The van der Waals surface area contributed by atoms with Gasteiger partial charge in [-0.25, -0.2) is 4.39 Å². The number of hydrogen-bond donors (Lipinski definition) is 1. The molecule has 0 aromatic heterocycles. The Bertz CT molecular complexity index is 646. The van der Waals surface area contributed by atoms with Gasteiger partial charge >= 0.3 is 0 Å². The van der Waals surface area contributed by atoms with Gasteiger partial charge in [-0.2, -0.15) is 0 Å². The van der Waals surface area contributed by atoms with Gasteiger partial charge in [-0.15, -0.1) is 0 Å². The Morgan fingerprint density at radius 1 is 1.29 bits per heavy atom. The predicted octanol–water partition coefficient (Wildman–Crippen LogP) is 3.92. The largest absolute Gasteiger partial charge is 0.494 e. The van der Waals surface area contributed by atoms with Crippen molar-refractivity contribution in [3.63, 3.8) is 0 Å². The topological polar surface area (TPSA) is 38.3 Å². The van der Waals surface area contributed by atoms with Gasteiger partial charge in [0.15, 0.2) is 0 Å². The Labute approximate surface area is 131 Å². The molecule has 0 fully saturated rings. The molecule has 3 nitrogen and oxygen atoms in total. The molecular weight excluding hydrogens is 337 g/mol. The first-order valence-electron chi connectivity index (χ1n) is 6.55. The lowest BCUT2D eigenvalue weighted by molar-refractivity contribution is 0.0946. The zero-order valence-electron chi connectivity index (χ0n) is 11.5. The highest BCUT2D eigenvalue weighted by Crippen LogP contribution is 2.19. The number of ether oxygens (including phenoxy) is 1. The standard InChI is InChI=1S/C16H15BrFNO2/c1-2-21-12-6-3-5-11(9-12)10-19-16(20)13-7-4-8-14(17)15(13)18/h3-9H,2,10H2,1H3,(H,19,20). The van der Waals surface area contributed by atoms with Gasteiger partial charge in [-0.3, -0.25) is 4.79 Å². The van der Waals surface area contributed by atoms with Crippen LogP contribution in [0.4, 0.5) is 4.39 Å². The van der Waals surface area contributed by atoms with E-state index in [0.717, 1.165) is 11.3 Å². The second kappa shape index (κ2) is 7.22. The molecule has 0 saturated heterocycles. The van der Waals surface area contributed by atoms with Crippen molar-refractivity contribution >= 4 is 21.8 Å². The monoisotopic (exact) mass is 351 g/mol. The lowest BCUT2D eigenvalue weighted by Crippen LogP contribution is -2.23. The molecule has 1 amide bonds. The van der Waals surface area contributed by atoms with Gasteiger partial charge in [0.25, 0.3) is 5.91 Å². The molecule has 0 spiro atoms. The number of hydrogen-bond acceptors (Lipinski definition) is 2. The number of carbonyl (C=O) groups excluding carboxylic acids is 1. The highest BCUT2D eigenvalue weighted by atomic mass is 79.9. The van der Waals surface area contributed by atoms with Gasteiger partial charge in [0.05, 0.1) is 16.6 Å². The summed E-state index contributed by atoms with van der Waals surface area (Å²) in [6, 6.07) is 12.1. The number of amides is 1. The lowest BCUT2D eigenvalue weighted by atomic mass is 10.1. The summed E-state index contributed by atoms with van der Waals surface area (Å²) < 4.78 is 19.5. The Morgan fingerprint density at radius 3 is 2.81 bits per heavy atom. The molecule has 1 N–H and O–H groups in total. The van der Waals surface area contributed by atoms with Gasteiger partial charge in [0.2, 0.25) is 0 Å². The third-order valence-corrected chi connectivity index (χ3v) is 3.47.